The van der Waals surface area contributed by atoms with Crippen molar-refractivity contribution in [2.45, 2.75) is 37.8 Å². The van der Waals surface area contributed by atoms with Gasteiger partial charge in [-0.05, 0) is 24.5 Å². The molecule has 1 fully saturated rings. The van der Waals surface area contributed by atoms with Crippen molar-refractivity contribution in [3.05, 3.63) is 23.3 Å². The van der Waals surface area contributed by atoms with E-state index in [1.807, 2.05) is 0 Å². The van der Waals surface area contributed by atoms with Crippen LogP contribution < -0.4 is 15.0 Å². The molecule has 2 heterocycles. The summed E-state index contributed by atoms with van der Waals surface area (Å²) in [6.45, 7) is 5.66. The highest BCUT2D eigenvalue weighted by Gasteiger charge is 2.44. The van der Waals surface area contributed by atoms with Gasteiger partial charge in [-0.3, -0.25) is 0 Å². The van der Waals surface area contributed by atoms with Crippen molar-refractivity contribution in [3.63, 3.8) is 0 Å². The number of ether oxygens (including phenoxy) is 3. The molecule has 2 aliphatic heterocycles. The van der Waals surface area contributed by atoms with E-state index in [0.717, 1.165) is 25.4 Å². The lowest BCUT2D eigenvalue weighted by atomic mass is 9.95. The highest BCUT2D eigenvalue weighted by atomic mass is 16.5. The van der Waals surface area contributed by atoms with Gasteiger partial charge in [0.05, 0.1) is 19.8 Å². The first-order valence-corrected chi connectivity index (χ1v) is 9.75. The standard InChI is InChI=1S/C21H28N2O3/c1-2-10-24-11-12-25-13-14-26-19-7-6-16-15-22-8-9-23-18-5-3-4-17(18)20(19)21(16)23/h1,6-7,17-18,22H,3-5,8-15H2/t17-,18+/m0/s1. The Bertz CT molecular complexity index is 670. The first kappa shape index (κ1) is 17.7. The molecule has 0 radical (unpaired) electrons. The minimum absolute atomic E-state index is 0.340. The van der Waals surface area contributed by atoms with Crippen molar-refractivity contribution in [2.24, 2.45) is 0 Å². The molecule has 1 N–H and O–H groups in total. The lowest BCUT2D eigenvalue weighted by Gasteiger charge is -2.26. The fourth-order valence-corrected chi connectivity index (χ4v) is 4.68. The molecule has 0 bridgehead atoms. The first-order chi connectivity index (χ1) is 12.9. The van der Waals surface area contributed by atoms with Crippen molar-refractivity contribution in [3.8, 4) is 18.1 Å². The number of terminal acetylenes is 1. The summed E-state index contributed by atoms with van der Waals surface area (Å²) in [6, 6.07) is 5.06. The van der Waals surface area contributed by atoms with E-state index in [9.17, 15) is 0 Å². The maximum Gasteiger partial charge on any atom is 0.125 e. The van der Waals surface area contributed by atoms with Crippen molar-refractivity contribution in [2.75, 3.05) is 51.0 Å². The molecule has 1 saturated carbocycles. The van der Waals surface area contributed by atoms with Crippen LogP contribution in [-0.4, -0.2) is 52.2 Å². The molecule has 5 heteroatoms. The fraction of sp³-hybridized carbons (Fsp3) is 0.619. The van der Waals surface area contributed by atoms with Gasteiger partial charge in [-0.15, -0.1) is 6.42 Å². The number of anilines is 1. The van der Waals surface area contributed by atoms with Crippen LogP contribution >= 0.6 is 0 Å². The Labute approximate surface area is 156 Å². The Morgan fingerprint density at radius 2 is 2.04 bits per heavy atom. The number of nitrogens with zero attached hydrogens (tertiary/aromatic N) is 1. The molecule has 0 amide bonds. The summed E-state index contributed by atoms with van der Waals surface area (Å²) >= 11 is 0. The molecule has 2 atom stereocenters. The van der Waals surface area contributed by atoms with Gasteiger partial charge >= 0.3 is 0 Å². The topological polar surface area (TPSA) is 43.0 Å². The SMILES string of the molecule is C#CCOCCOCCOc1ccc2c3c1[C@H]1CCC[C@H]1N3CCNC2. The summed E-state index contributed by atoms with van der Waals surface area (Å²) in [5.41, 5.74) is 4.32. The second-order valence-electron chi connectivity index (χ2n) is 7.18. The van der Waals surface area contributed by atoms with Crippen molar-refractivity contribution in [1.82, 2.24) is 5.32 Å². The van der Waals surface area contributed by atoms with Gasteiger partial charge in [0.25, 0.3) is 0 Å². The van der Waals surface area contributed by atoms with E-state index in [1.165, 1.54) is 36.1 Å². The number of rotatable bonds is 8. The fourth-order valence-electron chi connectivity index (χ4n) is 4.68. The van der Waals surface area contributed by atoms with E-state index in [4.69, 9.17) is 20.6 Å². The van der Waals surface area contributed by atoms with Crippen molar-refractivity contribution >= 4 is 5.69 Å². The normalized spacial score (nSPS) is 23.3. The summed E-state index contributed by atoms with van der Waals surface area (Å²) in [5.74, 6) is 4.13. The Kier molecular flexibility index (Phi) is 5.64. The van der Waals surface area contributed by atoms with E-state index >= 15 is 0 Å². The van der Waals surface area contributed by atoms with Crippen LogP contribution in [0.5, 0.6) is 5.75 Å². The molecule has 1 aromatic carbocycles. The molecule has 5 nitrogen and oxygen atoms in total. The van der Waals surface area contributed by atoms with Crippen LogP contribution in [-0.2, 0) is 16.0 Å². The molecular weight excluding hydrogens is 328 g/mol. The van der Waals surface area contributed by atoms with Gasteiger partial charge in [0.15, 0.2) is 0 Å². The second kappa shape index (κ2) is 8.30. The Morgan fingerprint density at radius 1 is 1.15 bits per heavy atom. The number of fused-ring (bicyclic) bond motifs is 3. The average molecular weight is 356 g/mol. The van der Waals surface area contributed by atoms with Gasteiger partial charge in [-0.2, -0.15) is 0 Å². The Balaban J connectivity index is 1.40. The van der Waals surface area contributed by atoms with Gasteiger partial charge in [-0.25, -0.2) is 0 Å². The summed E-state index contributed by atoms with van der Waals surface area (Å²) in [7, 11) is 0. The van der Waals surface area contributed by atoms with Gasteiger partial charge < -0.3 is 24.4 Å². The molecule has 140 valence electrons. The molecule has 1 aliphatic carbocycles. The van der Waals surface area contributed by atoms with Gasteiger partial charge in [0.2, 0.25) is 0 Å². The zero-order valence-electron chi connectivity index (χ0n) is 15.3. The van der Waals surface area contributed by atoms with Crippen LogP contribution in [0.4, 0.5) is 5.69 Å². The Morgan fingerprint density at radius 3 is 2.96 bits per heavy atom. The largest absolute Gasteiger partial charge is 0.491 e. The monoisotopic (exact) mass is 356 g/mol. The van der Waals surface area contributed by atoms with E-state index in [0.29, 0.717) is 45.0 Å². The molecule has 1 aromatic rings. The number of nitrogens with one attached hydrogen (secondary N) is 1. The highest BCUT2D eigenvalue weighted by molar-refractivity contribution is 5.71. The minimum Gasteiger partial charge on any atom is -0.491 e. The van der Waals surface area contributed by atoms with Crippen LogP contribution in [0.3, 0.4) is 0 Å². The summed E-state index contributed by atoms with van der Waals surface area (Å²) in [5, 5.41) is 3.55. The smallest absolute Gasteiger partial charge is 0.125 e. The van der Waals surface area contributed by atoms with E-state index in [-0.39, 0.29) is 0 Å². The summed E-state index contributed by atoms with van der Waals surface area (Å²) < 4.78 is 16.9. The molecule has 0 saturated heterocycles. The zero-order chi connectivity index (χ0) is 17.8. The van der Waals surface area contributed by atoms with Gasteiger partial charge in [0, 0.05) is 42.8 Å². The lowest BCUT2D eigenvalue weighted by molar-refractivity contribution is 0.0461. The van der Waals surface area contributed by atoms with Crippen molar-refractivity contribution in [1.29, 1.82) is 0 Å². The van der Waals surface area contributed by atoms with Crippen LogP contribution in [0.2, 0.25) is 0 Å². The lowest BCUT2D eigenvalue weighted by Crippen LogP contribution is -2.35. The van der Waals surface area contributed by atoms with Crippen molar-refractivity contribution < 1.29 is 14.2 Å². The third kappa shape index (κ3) is 3.42. The van der Waals surface area contributed by atoms with E-state index < -0.39 is 0 Å². The van der Waals surface area contributed by atoms with E-state index in [2.05, 4.69) is 28.3 Å². The summed E-state index contributed by atoms with van der Waals surface area (Å²) in [4.78, 5) is 2.65. The molecule has 4 rings (SSSR count). The average Bonchev–Trinajstić information content (AvgIpc) is 3.17. The second-order valence-corrected chi connectivity index (χ2v) is 7.18. The third-order valence-electron chi connectivity index (χ3n) is 5.69. The predicted octanol–water partition coefficient (Wildman–Crippen LogP) is 2.29. The summed E-state index contributed by atoms with van der Waals surface area (Å²) in [6.07, 6.45) is 9.05. The minimum atomic E-state index is 0.340. The quantitative estimate of drug-likeness (QED) is 0.572. The molecule has 26 heavy (non-hydrogen) atoms. The molecule has 0 unspecified atom stereocenters. The molecule has 0 aromatic heterocycles. The molecule has 0 spiro atoms. The third-order valence-corrected chi connectivity index (χ3v) is 5.69. The Hall–Kier alpha value is -1.74. The van der Waals surface area contributed by atoms with E-state index in [1.54, 1.807) is 0 Å². The number of hydrogen-bond acceptors (Lipinski definition) is 5. The predicted molar refractivity (Wildman–Crippen MR) is 102 cm³/mol. The maximum atomic E-state index is 6.15. The van der Waals surface area contributed by atoms with Crippen LogP contribution in [0.25, 0.3) is 0 Å². The van der Waals surface area contributed by atoms with Crippen LogP contribution in [0.1, 0.15) is 36.3 Å². The van der Waals surface area contributed by atoms with Gasteiger partial charge in [-0.1, -0.05) is 18.4 Å². The maximum absolute atomic E-state index is 6.15. The van der Waals surface area contributed by atoms with Crippen LogP contribution in [0.15, 0.2) is 12.1 Å². The first-order valence-electron chi connectivity index (χ1n) is 9.75. The van der Waals surface area contributed by atoms with Crippen LogP contribution in [0, 0.1) is 12.3 Å². The number of benzene rings is 1. The zero-order valence-corrected chi connectivity index (χ0v) is 15.3. The highest BCUT2D eigenvalue weighted by Crippen LogP contribution is 2.54. The van der Waals surface area contributed by atoms with Gasteiger partial charge in [0.1, 0.15) is 19.0 Å². The number of hydrogen-bond donors (Lipinski definition) is 1. The molecular formula is C21H28N2O3. The molecule has 3 aliphatic rings.